The molecule has 2 N–H and O–H groups in total. The fourth-order valence-electron chi connectivity index (χ4n) is 1.91. The van der Waals surface area contributed by atoms with Crippen molar-refractivity contribution in [3.8, 4) is 0 Å². The molecule has 5 heteroatoms. The van der Waals surface area contributed by atoms with E-state index < -0.39 is 11.9 Å². The fraction of sp³-hybridized carbons (Fsp3) is 0.800. The second kappa shape index (κ2) is 4.18. The van der Waals surface area contributed by atoms with Gasteiger partial charge in [-0.05, 0) is 19.3 Å². The van der Waals surface area contributed by atoms with Crippen molar-refractivity contribution in [3.05, 3.63) is 0 Å². The molecule has 1 amide bonds. The summed E-state index contributed by atoms with van der Waals surface area (Å²) in [4.78, 5) is 22.0. The zero-order valence-corrected chi connectivity index (χ0v) is 8.44. The Morgan fingerprint density at radius 3 is 2.73 bits per heavy atom. The number of carbonyl (C=O) groups is 2. The summed E-state index contributed by atoms with van der Waals surface area (Å²) < 4.78 is 5.35. The summed E-state index contributed by atoms with van der Waals surface area (Å²) in [5.41, 5.74) is 0. The van der Waals surface area contributed by atoms with Gasteiger partial charge in [-0.25, -0.2) is 0 Å². The molecule has 2 aliphatic rings. The van der Waals surface area contributed by atoms with E-state index in [-0.39, 0.29) is 17.9 Å². The summed E-state index contributed by atoms with van der Waals surface area (Å²) in [7, 11) is 0. The molecule has 1 saturated heterocycles. The van der Waals surface area contributed by atoms with Crippen molar-refractivity contribution in [2.45, 2.75) is 25.4 Å². The lowest BCUT2D eigenvalue weighted by atomic mass is 10.2. The third-order valence-electron chi connectivity index (χ3n) is 2.97. The maximum absolute atomic E-state index is 11.4. The van der Waals surface area contributed by atoms with E-state index in [4.69, 9.17) is 9.84 Å². The van der Waals surface area contributed by atoms with E-state index in [0.29, 0.717) is 13.0 Å². The molecule has 3 atom stereocenters. The first-order valence-electron chi connectivity index (χ1n) is 5.30. The van der Waals surface area contributed by atoms with Crippen LogP contribution in [0.1, 0.15) is 19.3 Å². The zero-order valence-electron chi connectivity index (χ0n) is 8.44. The molecule has 0 aromatic carbocycles. The maximum atomic E-state index is 11.4. The van der Waals surface area contributed by atoms with Crippen LogP contribution in [0.3, 0.4) is 0 Å². The first-order chi connectivity index (χ1) is 7.18. The highest BCUT2D eigenvalue weighted by atomic mass is 16.5. The minimum Gasteiger partial charge on any atom is -0.481 e. The summed E-state index contributed by atoms with van der Waals surface area (Å²) in [5, 5.41) is 11.4. The van der Waals surface area contributed by atoms with E-state index in [0.717, 1.165) is 19.4 Å². The number of hydrogen-bond donors (Lipinski definition) is 2. The SMILES string of the molecule is O=C(O)[C@H]1C[C@H]1C(=O)NCC1CCCO1. The average molecular weight is 213 g/mol. The van der Waals surface area contributed by atoms with Gasteiger partial charge in [0.2, 0.25) is 5.91 Å². The molecule has 1 heterocycles. The molecule has 0 aromatic rings. The predicted octanol–water partition coefficient (Wildman–Crippen LogP) is 0.00230. The van der Waals surface area contributed by atoms with Crippen LogP contribution >= 0.6 is 0 Å². The predicted molar refractivity (Wildman–Crippen MR) is 51.2 cm³/mol. The van der Waals surface area contributed by atoms with Gasteiger partial charge in [0.25, 0.3) is 0 Å². The normalized spacial score (nSPS) is 33.7. The van der Waals surface area contributed by atoms with Crippen LogP contribution in [0.2, 0.25) is 0 Å². The van der Waals surface area contributed by atoms with Crippen LogP contribution in [0.5, 0.6) is 0 Å². The number of amides is 1. The van der Waals surface area contributed by atoms with E-state index >= 15 is 0 Å². The van der Waals surface area contributed by atoms with Crippen LogP contribution < -0.4 is 5.32 Å². The Morgan fingerprint density at radius 1 is 1.40 bits per heavy atom. The minimum atomic E-state index is -0.868. The number of nitrogens with one attached hydrogen (secondary N) is 1. The second-order valence-corrected chi connectivity index (χ2v) is 4.17. The smallest absolute Gasteiger partial charge is 0.307 e. The Bertz CT molecular complexity index is 273. The third kappa shape index (κ3) is 2.47. The summed E-state index contributed by atoms with van der Waals surface area (Å²) >= 11 is 0. The molecule has 1 aliphatic heterocycles. The van der Waals surface area contributed by atoms with Crippen molar-refractivity contribution in [3.63, 3.8) is 0 Å². The third-order valence-corrected chi connectivity index (χ3v) is 2.97. The molecule has 2 rings (SSSR count). The molecule has 84 valence electrons. The summed E-state index contributed by atoms with van der Waals surface area (Å²) in [6.07, 6.45) is 2.62. The van der Waals surface area contributed by atoms with Gasteiger partial charge < -0.3 is 15.2 Å². The first kappa shape index (κ1) is 10.4. The highest BCUT2D eigenvalue weighted by Gasteiger charge is 2.48. The largest absolute Gasteiger partial charge is 0.481 e. The monoisotopic (exact) mass is 213 g/mol. The Kier molecular flexibility index (Phi) is 2.90. The van der Waals surface area contributed by atoms with Gasteiger partial charge in [0.05, 0.1) is 17.9 Å². The van der Waals surface area contributed by atoms with Gasteiger partial charge >= 0.3 is 5.97 Å². The fourth-order valence-corrected chi connectivity index (χ4v) is 1.91. The highest BCUT2D eigenvalue weighted by molar-refractivity contribution is 5.89. The molecule has 2 fully saturated rings. The van der Waals surface area contributed by atoms with Crippen LogP contribution in [0, 0.1) is 11.8 Å². The lowest BCUT2D eigenvalue weighted by Gasteiger charge is -2.10. The average Bonchev–Trinajstić information content (AvgIpc) is 2.85. The van der Waals surface area contributed by atoms with E-state index in [1.165, 1.54) is 0 Å². The molecule has 1 aliphatic carbocycles. The standard InChI is InChI=1S/C10H15NO4/c12-9(7-4-8(7)10(13)14)11-5-6-2-1-3-15-6/h6-8H,1-5H2,(H,11,12)(H,13,14)/t6?,7-,8+/m1/s1. The minimum absolute atomic E-state index is 0.121. The van der Waals surface area contributed by atoms with Gasteiger partial charge in [-0.3, -0.25) is 9.59 Å². The number of carboxylic acids is 1. The van der Waals surface area contributed by atoms with Crippen LogP contribution in [-0.4, -0.2) is 36.2 Å². The number of aliphatic carboxylic acids is 1. The van der Waals surface area contributed by atoms with Gasteiger partial charge in [0, 0.05) is 13.2 Å². The molecule has 0 aromatic heterocycles. The summed E-state index contributed by atoms with van der Waals surface area (Å²) in [6.45, 7) is 1.28. The number of rotatable bonds is 4. The van der Waals surface area contributed by atoms with Gasteiger partial charge in [-0.2, -0.15) is 0 Å². The van der Waals surface area contributed by atoms with Crippen molar-refractivity contribution in [2.75, 3.05) is 13.2 Å². The molecular weight excluding hydrogens is 198 g/mol. The molecule has 0 spiro atoms. The number of carbonyl (C=O) groups excluding carboxylic acids is 1. The van der Waals surface area contributed by atoms with Gasteiger partial charge in [-0.15, -0.1) is 0 Å². The van der Waals surface area contributed by atoms with E-state index in [2.05, 4.69) is 5.32 Å². The summed E-state index contributed by atoms with van der Waals surface area (Å²) in [5.74, 6) is -1.79. The van der Waals surface area contributed by atoms with E-state index in [1.54, 1.807) is 0 Å². The molecule has 0 radical (unpaired) electrons. The quantitative estimate of drug-likeness (QED) is 0.689. The Balaban J connectivity index is 1.67. The Labute approximate surface area is 87.8 Å². The Morgan fingerprint density at radius 2 is 2.20 bits per heavy atom. The lowest BCUT2D eigenvalue weighted by Crippen LogP contribution is -2.33. The highest BCUT2D eigenvalue weighted by Crippen LogP contribution is 2.38. The number of hydrogen-bond acceptors (Lipinski definition) is 3. The number of carboxylic acid groups (broad SMARTS) is 1. The van der Waals surface area contributed by atoms with Crippen molar-refractivity contribution < 1.29 is 19.4 Å². The van der Waals surface area contributed by atoms with Crippen molar-refractivity contribution in [1.82, 2.24) is 5.32 Å². The van der Waals surface area contributed by atoms with Crippen molar-refractivity contribution in [1.29, 1.82) is 0 Å². The first-order valence-corrected chi connectivity index (χ1v) is 5.30. The Hall–Kier alpha value is -1.10. The van der Waals surface area contributed by atoms with Crippen LogP contribution in [0.25, 0.3) is 0 Å². The molecule has 15 heavy (non-hydrogen) atoms. The topological polar surface area (TPSA) is 75.6 Å². The van der Waals surface area contributed by atoms with Gasteiger partial charge in [0.1, 0.15) is 0 Å². The van der Waals surface area contributed by atoms with Crippen LogP contribution in [0.4, 0.5) is 0 Å². The number of ether oxygens (including phenoxy) is 1. The van der Waals surface area contributed by atoms with Gasteiger partial charge in [0.15, 0.2) is 0 Å². The molecule has 1 saturated carbocycles. The van der Waals surface area contributed by atoms with E-state index in [9.17, 15) is 9.59 Å². The van der Waals surface area contributed by atoms with Crippen molar-refractivity contribution >= 4 is 11.9 Å². The molecule has 5 nitrogen and oxygen atoms in total. The lowest BCUT2D eigenvalue weighted by molar-refractivity contribution is -0.140. The van der Waals surface area contributed by atoms with E-state index in [1.807, 2.05) is 0 Å². The molecular formula is C10H15NO4. The molecule has 1 unspecified atom stereocenters. The maximum Gasteiger partial charge on any atom is 0.307 e. The van der Waals surface area contributed by atoms with Crippen LogP contribution in [0.15, 0.2) is 0 Å². The van der Waals surface area contributed by atoms with Gasteiger partial charge in [-0.1, -0.05) is 0 Å². The van der Waals surface area contributed by atoms with Crippen molar-refractivity contribution in [2.24, 2.45) is 11.8 Å². The molecule has 0 bridgehead atoms. The zero-order chi connectivity index (χ0) is 10.8. The summed E-state index contributed by atoms with van der Waals surface area (Å²) in [6, 6.07) is 0. The second-order valence-electron chi connectivity index (χ2n) is 4.17. The van der Waals surface area contributed by atoms with Crippen LogP contribution in [-0.2, 0) is 14.3 Å².